The summed E-state index contributed by atoms with van der Waals surface area (Å²) in [5.74, 6) is 1.77. The lowest BCUT2D eigenvalue weighted by Crippen LogP contribution is -2.10. The second kappa shape index (κ2) is 6.41. The number of hydrogen-bond donors (Lipinski definition) is 0. The summed E-state index contributed by atoms with van der Waals surface area (Å²) in [5, 5.41) is 0. The first-order valence-corrected chi connectivity index (χ1v) is 8.27. The van der Waals surface area contributed by atoms with Gasteiger partial charge >= 0.3 is 0 Å². The molecule has 1 heterocycles. The molecule has 0 aliphatic carbocycles. The highest BCUT2D eigenvalue weighted by molar-refractivity contribution is 9.09. The average molecular weight is 325 g/mol. The molecule has 2 unspecified atom stereocenters. The van der Waals surface area contributed by atoms with E-state index in [4.69, 9.17) is 4.74 Å². The van der Waals surface area contributed by atoms with Crippen molar-refractivity contribution in [1.82, 2.24) is 0 Å². The van der Waals surface area contributed by atoms with Crippen LogP contribution in [0.2, 0.25) is 0 Å². The Labute approximate surface area is 125 Å². The van der Waals surface area contributed by atoms with Gasteiger partial charge < -0.3 is 4.74 Å². The van der Waals surface area contributed by atoms with Gasteiger partial charge in [-0.3, -0.25) is 0 Å². The summed E-state index contributed by atoms with van der Waals surface area (Å²) < 4.78 is 5.53. The highest BCUT2D eigenvalue weighted by Gasteiger charge is 2.27. The molecule has 2 heteroatoms. The predicted octanol–water partition coefficient (Wildman–Crippen LogP) is 5.41. The molecule has 2 rings (SSSR count). The van der Waals surface area contributed by atoms with Gasteiger partial charge in [-0.15, -0.1) is 0 Å². The van der Waals surface area contributed by atoms with Crippen molar-refractivity contribution < 1.29 is 4.74 Å². The van der Waals surface area contributed by atoms with Crippen LogP contribution in [0.4, 0.5) is 0 Å². The zero-order chi connectivity index (χ0) is 14.0. The van der Waals surface area contributed by atoms with Crippen LogP contribution in [0, 0.1) is 5.92 Å². The van der Waals surface area contributed by atoms with Crippen LogP contribution < -0.4 is 0 Å². The smallest absolute Gasteiger partial charge is 0.0509 e. The van der Waals surface area contributed by atoms with Crippen LogP contribution in [0.1, 0.15) is 67.5 Å². The van der Waals surface area contributed by atoms with Crippen molar-refractivity contribution in [2.24, 2.45) is 5.92 Å². The van der Waals surface area contributed by atoms with Gasteiger partial charge in [-0.1, -0.05) is 61.8 Å². The maximum atomic E-state index is 5.53. The van der Waals surface area contributed by atoms with Crippen molar-refractivity contribution in [3.63, 3.8) is 0 Å². The summed E-state index contributed by atoms with van der Waals surface area (Å²) in [6.07, 6.45) is 1.17. The van der Waals surface area contributed by atoms with Gasteiger partial charge in [0.05, 0.1) is 6.61 Å². The van der Waals surface area contributed by atoms with Gasteiger partial charge in [0.2, 0.25) is 0 Å². The van der Waals surface area contributed by atoms with E-state index in [1.807, 2.05) is 0 Å². The monoisotopic (exact) mass is 324 g/mol. The van der Waals surface area contributed by atoms with E-state index < -0.39 is 0 Å². The van der Waals surface area contributed by atoms with Gasteiger partial charge in [0.1, 0.15) is 0 Å². The molecule has 0 amide bonds. The molecule has 2 atom stereocenters. The van der Waals surface area contributed by atoms with Crippen LogP contribution in [-0.4, -0.2) is 13.2 Å². The van der Waals surface area contributed by atoms with E-state index >= 15 is 0 Å². The molecule has 106 valence electrons. The third-order valence-corrected chi connectivity index (χ3v) is 5.32. The van der Waals surface area contributed by atoms with Crippen molar-refractivity contribution >= 4 is 15.9 Å². The Bertz CT molecular complexity index is 419. The second-order valence-electron chi connectivity index (χ2n) is 6.22. The Morgan fingerprint density at radius 2 is 1.84 bits per heavy atom. The van der Waals surface area contributed by atoms with E-state index in [-0.39, 0.29) is 0 Å². The van der Waals surface area contributed by atoms with Gasteiger partial charge in [0, 0.05) is 17.4 Å². The molecule has 1 nitrogen and oxygen atoms in total. The third-order valence-electron chi connectivity index (χ3n) is 4.08. The topological polar surface area (TPSA) is 9.23 Å². The van der Waals surface area contributed by atoms with Crippen molar-refractivity contribution in [3.05, 3.63) is 34.9 Å². The molecule has 0 radical (unpaired) electrons. The standard InChI is InChI=1S/C17H25BrO/c1-11(2)13-5-6-15(16(9-13)12(3)4)17(18)14-7-8-19-10-14/h5-6,9,11-12,14,17H,7-8,10H2,1-4H3. The maximum absolute atomic E-state index is 5.53. The molecule has 1 aromatic rings. The molecule has 0 aromatic heterocycles. The van der Waals surface area contributed by atoms with Crippen LogP contribution in [0.3, 0.4) is 0 Å². The lowest BCUT2D eigenvalue weighted by Gasteiger charge is -2.23. The zero-order valence-corrected chi connectivity index (χ0v) is 14.0. The van der Waals surface area contributed by atoms with E-state index in [0.29, 0.717) is 22.6 Å². The van der Waals surface area contributed by atoms with Crippen LogP contribution in [0.5, 0.6) is 0 Å². The Hall–Kier alpha value is -0.340. The van der Waals surface area contributed by atoms with Crippen molar-refractivity contribution in [2.75, 3.05) is 13.2 Å². The maximum Gasteiger partial charge on any atom is 0.0509 e. The normalized spacial score (nSPS) is 21.3. The van der Waals surface area contributed by atoms with Crippen LogP contribution >= 0.6 is 15.9 Å². The minimum Gasteiger partial charge on any atom is -0.381 e. The summed E-state index contributed by atoms with van der Waals surface area (Å²) in [6, 6.07) is 7.01. The number of ether oxygens (including phenoxy) is 1. The molecule has 1 aromatic carbocycles. The molecule has 1 fully saturated rings. The lowest BCUT2D eigenvalue weighted by molar-refractivity contribution is 0.185. The van der Waals surface area contributed by atoms with Gasteiger partial charge in [-0.05, 0) is 34.9 Å². The van der Waals surface area contributed by atoms with Crippen LogP contribution in [0.15, 0.2) is 18.2 Å². The van der Waals surface area contributed by atoms with Crippen molar-refractivity contribution in [3.8, 4) is 0 Å². The fourth-order valence-electron chi connectivity index (χ4n) is 2.74. The van der Waals surface area contributed by atoms with Crippen LogP contribution in [-0.2, 0) is 4.74 Å². The highest BCUT2D eigenvalue weighted by atomic mass is 79.9. The number of halogens is 1. The first-order valence-electron chi connectivity index (χ1n) is 7.36. The Morgan fingerprint density at radius 3 is 2.37 bits per heavy atom. The van der Waals surface area contributed by atoms with Crippen molar-refractivity contribution in [1.29, 1.82) is 0 Å². The quantitative estimate of drug-likeness (QED) is 0.673. The zero-order valence-electron chi connectivity index (χ0n) is 12.4. The molecular weight excluding hydrogens is 300 g/mol. The lowest BCUT2D eigenvalue weighted by atomic mass is 9.87. The van der Waals surface area contributed by atoms with E-state index in [1.165, 1.54) is 23.1 Å². The fourth-order valence-corrected chi connectivity index (χ4v) is 3.57. The van der Waals surface area contributed by atoms with Crippen LogP contribution in [0.25, 0.3) is 0 Å². The highest BCUT2D eigenvalue weighted by Crippen LogP contribution is 2.40. The Morgan fingerprint density at radius 1 is 1.11 bits per heavy atom. The van der Waals surface area contributed by atoms with Gasteiger partial charge in [-0.2, -0.15) is 0 Å². The number of benzene rings is 1. The molecule has 19 heavy (non-hydrogen) atoms. The molecule has 1 saturated heterocycles. The summed E-state index contributed by atoms with van der Waals surface area (Å²) >= 11 is 3.91. The van der Waals surface area contributed by atoms with Crippen molar-refractivity contribution in [2.45, 2.75) is 50.8 Å². The van der Waals surface area contributed by atoms with E-state index in [9.17, 15) is 0 Å². The summed E-state index contributed by atoms with van der Waals surface area (Å²) in [6.45, 7) is 10.9. The molecule has 0 saturated carbocycles. The van der Waals surface area contributed by atoms with Gasteiger partial charge in [-0.25, -0.2) is 0 Å². The van der Waals surface area contributed by atoms with E-state index in [0.717, 1.165) is 13.2 Å². The Kier molecular flexibility index (Phi) is 5.08. The average Bonchev–Trinajstić information content (AvgIpc) is 2.90. The van der Waals surface area contributed by atoms with Gasteiger partial charge in [0.25, 0.3) is 0 Å². The molecule has 1 aliphatic rings. The number of rotatable bonds is 4. The van der Waals surface area contributed by atoms with E-state index in [2.05, 4.69) is 61.8 Å². The molecular formula is C17H25BrO. The summed E-state index contributed by atoms with van der Waals surface area (Å²) in [5.41, 5.74) is 4.38. The SMILES string of the molecule is CC(C)c1ccc(C(Br)C2CCOC2)c(C(C)C)c1. The van der Waals surface area contributed by atoms with Gasteiger partial charge in [0.15, 0.2) is 0 Å². The molecule has 0 bridgehead atoms. The van der Waals surface area contributed by atoms with E-state index in [1.54, 1.807) is 0 Å². The summed E-state index contributed by atoms with van der Waals surface area (Å²) in [7, 11) is 0. The number of hydrogen-bond acceptors (Lipinski definition) is 1. The first-order chi connectivity index (χ1) is 9.00. The minimum absolute atomic E-state index is 0.425. The minimum atomic E-state index is 0.425. The third kappa shape index (κ3) is 3.41. The first kappa shape index (κ1) is 15.1. The second-order valence-corrected chi connectivity index (χ2v) is 7.21. The number of alkyl halides is 1. The molecule has 1 aliphatic heterocycles. The Balaban J connectivity index is 2.32. The largest absolute Gasteiger partial charge is 0.381 e. The fraction of sp³-hybridized carbons (Fsp3) is 0.647. The predicted molar refractivity (Wildman–Crippen MR) is 85.2 cm³/mol. The molecule has 0 N–H and O–H groups in total. The summed E-state index contributed by atoms with van der Waals surface area (Å²) in [4.78, 5) is 0.425. The molecule has 0 spiro atoms.